The summed E-state index contributed by atoms with van der Waals surface area (Å²) in [5.74, 6) is 0. The molecule has 0 amide bonds. The van der Waals surface area contributed by atoms with Crippen LogP contribution < -0.4 is 0 Å². The molecular formula is C16H29N. The Hall–Kier alpha value is -0.720. The summed E-state index contributed by atoms with van der Waals surface area (Å²) in [7, 11) is 0. The zero-order chi connectivity index (χ0) is 12.3. The van der Waals surface area contributed by atoms with Gasteiger partial charge in [-0.1, -0.05) is 52.4 Å². The van der Waals surface area contributed by atoms with Crippen molar-refractivity contribution in [1.82, 2.24) is 4.57 Å². The molecule has 1 heterocycles. The van der Waals surface area contributed by atoms with E-state index >= 15 is 0 Å². The average Bonchev–Trinajstić information content (AvgIpc) is 2.78. The van der Waals surface area contributed by atoms with Crippen LogP contribution in [0.25, 0.3) is 0 Å². The van der Waals surface area contributed by atoms with Crippen molar-refractivity contribution in [3.63, 3.8) is 0 Å². The molecule has 1 heteroatoms. The fourth-order valence-electron chi connectivity index (χ4n) is 2.31. The van der Waals surface area contributed by atoms with Crippen LogP contribution in [0.3, 0.4) is 0 Å². The minimum atomic E-state index is 1.22. The second-order valence-corrected chi connectivity index (χ2v) is 5.06. The Morgan fingerprint density at radius 3 is 2.35 bits per heavy atom. The molecule has 0 bridgehead atoms. The minimum Gasteiger partial charge on any atom is -0.351 e. The van der Waals surface area contributed by atoms with E-state index in [1.165, 1.54) is 70.0 Å². The van der Waals surface area contributed by atoms with Crippen molar-refractivity contribution in [3.8, 4) is 0 Å². The van der Waals surface area contributed by atoms with Gasteiger partial charge in [0.05, 0.1) is 0 Å². The maximum atomic E-state index is 2.45. The van der Waals surface area contributed by atoms with Crippen molar-refractivity contribution in [2.45, 2.75) is 78.2 Å². The number of hydrogen-bond acceptors (Lipinski definition) is 0. The molecule has 0 aliphatic carbocycles. The lowest BCUT2D eigenvalue weighted by Gasteiger charge is -2.08. The van der Waals surface area contributed by atoms with Gasteiger partial charge in [0.15, 0.2) is 0 Å². The summed E-state index contributed by atoms with van der Waals surface area (Å²) in [6.45, 7) is 5.76. The zero-order valence-corrected chi connectivity index (χ0v) is 11.8. The Morgan fingerprint density at radius 1 is 0.882 bits per heavy atom. The van der Waals surface area contributed by atoms with Crippen molar-refractivity contribution in [2.24, 2.45) is 0 Å². The van der Waals surface area contributed by atoms with E-state index in [1.807, 2.05) is 0 Å². The highest BCUT2D eigenvalue weighted by Gasteiger charge is 1.99. The van der Waals surface area contributed by atoms with Gasteiger partial charge in [0.25, 0.3) is 0 Å². The standard InChI is InChI=1S/C16H29N/c1-3-5-7-8-9-10-14-17-15-11-13-16(17)12-6-4-2/h11,13,15H,3-10,12,14H2,1-2H3. The fraction of sp³-hybridized carbons (Fsp3) is 0.750. The van der Waals surface area contributed by atoms with Crippen LogP contribution in [0, 0.1) is 0 Å². The lowest BCUT2D eigenvalue weighted by atomic mass is 10.1. The second-order valence-electron chi connectivity index (χ2n) is 5.06. The number of hydrogen-bond donors (Lipinski definition) is 0. The normalized spacial score (nSPS) is 10.9. The molecule has 0 saturated carbocycles. The minimum absolute atomic E-state index is 1.22. The van der Waals surface area contributed by atoms with Crippen LogP contribution in [-0.2, 0) is 13.0 Å². The molecule has 1 aromatic rings. The largest absolute Gasteiger partial charge is 0.351 e. The molecule has 0 fully saturated rings. The Morgan fingerprint density at radius 2 is 1.59 bits per heavy atom. The van der Waals surface area contributed by atoms with Crippen molar-refractivity contribution >= 4 is 0 Å². The van der Waals surface area contributed by atoms with Crippen LogP contribution in [0.1, 0.15) is 70.9 Å². The number of rotatable bonds is 10. The van der Waals surface area contributed by atoms with Crippen molar-refractivity contribution in [1.29, 1.82) is 0 Å². The first-order valence-electron chi connectivity index (χ1n) is 7.52. The Balaban J connectivity index is 2.15. The molecule has 0 spiro atoms. The predicted octanol–water partition coefficient (Wildman–Crippen LogP) is 5.19. The molecule has 0 atom stereocenters. The first kappa shape index (κ1) is 14.3. The van der Waals surface area contributed by atoms with Gasteiger partial charge in [-0.05, 0) is 31.4 Å². The molecule has 0 N–H and O–H groups in total. The maximum Gasteiger partial charge on any atom is 0.0222 e. The predicted molar refractivity (Wildman–Crippen MR) is 76.4 cm³/mol. The monoisotopic (exact) mass is 235 g/mol. The van der Waals surface area contributed by atoms with Crippen LogP contribution in [0.5, 0.6) is 0 Å². The van der Waals surface area contributed by atoms with Gasteiger partial charge in [0, 0.05) is 18.4 Å². The molecule has 1 rings (SSSR count). The lowest BCUT2D eigenvalue weighted by Crippen LogP contribution is -2.02. The number of unbranched alkanes of at least 4 members (excludes halogenated alkanes) is 6. The average molecular weight is 235 g/mol. The van der Waals surface area contributed by atoms with E-state index in [0.29, 0.717) is 0 Å². The van der Waals surface area contributed by atoms with Crippen LogP contribution in [0.15, 0.2) is 18.3 Å². The molecule has 0 unspecified atom stereocenters. The molecule has 98 valence electrons. The first-order chi connectivity index (χ1) is 8.38. The third-order valence-corrected chi connectivity index (χ3v) is 3.46. The van der Waals surface area contributed by atoms with Crippen molar-refractivity contribution < 1.29 is 0 Å². The lowest BCUT2D eigenvalue weighted by molar-refractivity contribution is 0.546. The van der Waals surface area contributed by atoms with Crippen LogP contribution >= 0.6 is 0 Å². The van der Waals surface area contributed by atoms with E-state index in [0.717, 1.165) is 0 Å². The fourth-order valence-corrected chi connectivity index (χ4v) is 2.31. The molecule has 0 radical (unpaired) electrons. The van der Waals surface area contributed by atoms with Gasteiger partial charge in [-0.15, -0.1) is 0 Å². The molecule has 1 aromatic heterocycles. The van der Waals surface area contributed by atoms with Crippen LogP contribution in [0.4, 0.5) is 0 Å². The quantitative estimate of drug-likeness (QED) is 0.492. The second kappa shape index (κ2) is 9.32. The highest BCUT2D eigenvalue weighted by molar-refractivity contribution is 5.07. The zero-order valence-electron chi connectivity index (χ0n) is 11.8. The number of nitrogens with zero attached hydrogens (tertiary/aromatic N) is 1. The maximum absolute atomic E-state index is 2.45. The Labute approximate surface area is 107 Å². The highest BCUT2D eigenvalue weighted by Crippen LogP contribution is 2.10. The Kier molecular flexibility index (Phi) is 7.87. The van der Waals surface area contributed by atoms with Crippen molar-refractivity contribution in [3.05, 3.63) is 24.0 Å². The smallest absolute Gasteiger partial charge is 0.0222 e. The topological polar surface area (TPSA) is 4.93 Å². The van der Waals surface area contributed by atoms with E-state index in [-0.39, 0.29) is 0 Å². The molecule has 0 saturated heterocycles. The van der Waals surface area contributed by atoms with Gasteiger partial charge in [0.2, 0.25) is 0 Å². The Bertz CT molecular complexity index is 275. The summed E-state index contributed by atoms with van der Waals surface area (Å²) < 4.78 is 2.45. The van der Waals surface area contributed by atoms with E-state index < -0.39 is 0 Å². The molecule has 0 aromatic carbocycles. The summed E-state index contributed by atoms with van der Waals surface area (Å²) in [5, 5.41) is 0. The van der Waals surface area contributed by atoms with Gasteiger partial charge in [-0.3, -0.25) is 0 Å². The van der Waals surface area contributed by atoms with Gasteiger partial charge in [-0.25, -0.2) is 0 Å². The van der Waals surface area contributed by atoms with E-state index in [4.69, 9.17) is 0 Å². The van der Waals surface area contributed by atoms with Crippen molar-refractivity contribution in [2.75, 3.05) is 0 Å². The third kappa shape index (κ3) is 5.95. The molecule has 17 heavy (non-hydrogen) atoms. The molecule has 1 nitrogen and oxygen atoms in total. The third-order valence-electron chi connectivity index (χ3n) is 3.46. The first-order valence-corrected chi connectivity index (χ1v) is 7.52. The van der Waals surface area contributed by atoms with E-state index in [1.54, 1.807) is 0 Å². The number of aryl methyl sites for hydroxylation is 2. The summed E-state index contributed by atoms with van der Waals surface area (Å²) >= 11 is 0. The summed E-state index contributed by atoms with van der Waals surface area (Å²) in [6.07, 6.45) is 14.4. The highest BCUT2D eigenvalue weighted by atomic mass is 15.0. The molecule has 0 aliphatic rings. The van der Waals surface area contributed by atoms with Gasteiger partial charge < -0.3 is 4.57 Å². The summed E-state index contributed by atoms with van der Waals surface area (Å²) in [6, 6.07) is 4.48. The SMILES string of the molecule is CCCCCCCCn1cccc1CCCC. The summed E-state index contributed by atoms with van der Waals surface area (Å²) in [4.78, 5) is 0. The van der Waals surface area contributed by atoms with Gasteiger partial charge >= 0.3 is 0 Å². The van der Waals surface area contributed by atoms with E-state index in [2.05, 4.69) is 36.7 Å². The molecular weight excluding hydrogens is 206 g/mol. The van der Waals surface area contributed by atoms with Gasteiger partial charge in [-0.2, -0.15) is 0 Å². The van der Waals surface area contributed by atoms with Gasteiger partial charge in [0.1, 0.15) is 0 Å². The number of aromatic nitrogens is 1. The van der Waals surface area contributed by atoms with Crippen LogP contribution in [-0.4, -0.2) is 4.57 Å². The summed E-state index contributed by atoms with van der Waals surface area (Å²) in [5.41, 5.74) is 1.53. The van der Waals surface area contributed by atoms with Crippen LogP contribution in [0.2, 0.25) is 0 Å². The van der Waals surface area contributed by atoms with E-state index in [9.17, 15) is 0 Å². The molecule has 0 aliphatic heterocycles.